The van der Waals surface area contributed by atoms with Gasteiger partial charge in [-0.15, -0.1) is 0 Å². The summed E-state index contributed by atoms with van der Waals surface area (Å²) in [5.74, 6) is -1.09. The van der Waals surface area contributed by atoms with Gasteiger partial charge in [0.2, 0.25) is 0 Å². The number of pyridine rings is 1. The molecule has 0 atom stereocenters. The average molecular weight is 378 g/mol. The van der Waals surface area contributed by atoms with Crippen molar-refractivity contribution in [3.05, 3.63) is 95.3 Å². The van der Waals surface area contributed by atoms with Crippen molar-refractivity contribution in [2.45, 2.75) is 0 Å². The number of carbonyl (C=O) groups excluding carboxylic acids is 2. The molecular weight excluding hydrogens is 362 g/mol. The molecule has 2 amide bonds. The molecule has 0 aliphatic carbocycles. The molecule has 2 N–H and O–H groups in total. The Labute approximate surface area is 161 Å². The Hall–Kier alpha value is -3.44. The smallest absolute Gasteiger partial charge is 0.261 e. The topological polar surface area (TPSA) is 71.1 Å². The molecule has 3 aromatic rings. The van der Waals surface area contributed by atoms with Gasteiger partial charge in [0.05, 0.1) is 0 Å². The lowest BCUT2D eigenvalue weighted by Crippen LogP contribution is -2.25. The maximum absolute atomic E-state index is 12.8. The van der Waals surface area contributed by atoms with Crippen molar-refractivity contribution >= 4 is 40.9 Å². The van der Waals surface area contributed by atoms with E-state index in [0.29, 0.717) is 16.9 Å². The molecular formula is C21H16ClN3O2. The number of carbonyl (C=O) groups is 2. The van der Waals surface area contributed by atoms with Crippen molar-refractivity contribution in [1.82, 2.24) is 4.98 Å². The minimum atomic E-state index is -0.547. The van der Waals surface area contributed by atoms with E-state index in [0.717, 1.165) is 0 Å². The maximum atomic E-state index is 12.8. The first-order valence-electron chi connectivity index (χ1n) is 8.18. The van der Waals surface area contributed by atoms with Crippen LogP contribution < -0.4 is 10.6 Å². The third-order valence-corrected chi connectivity index (χ3v) is 3.96. The maximum Gasteiger partial charge on any atom is 0.261 e. The minimum Gasteiger partial charge on any atom is -0.322 e. The molecule has 0 aliphatic rings. The van der Waals surface area contributed by atoms with Gasteiger partial charge in [0.25, 0.3) is 11.8 Å². The minimum absolute atomic E-state index is 0.0855. The van der Waals surface area contributed by atoms with Gasteiger partial charge in [0.15, 0.2) is 0 Å². The number of nitrogens with zero attached hydrogens (tertiary/aromatic N) is 1. The fraction of sp³-hybridized carbons (Fsp3) is 0. The number of para-hydroxylation sites is 2. The van der Waals surface area contributed by atoms with Crippen LogP contribution in [0.4, 0.5) is 11.4 Å². The summed E-state index contributed by atoms with van der Waals surface area (Å²) >= 11 is 6.08. The Morgan fingerprint density at radius 1 is 0.778 bits per heavy atom. The number of nitrogens with one attached hydrogen (secondary N) is 2. The van der Waals surface area contributed by atoms with Crippen LogP contribution in [0, 0.1) is 0 Å². The van der Waals surface area contributed by atoms with Gasteiger partial charge in [-0.25, -0.2) is 4.98 Å². The van der Waals surface area contributed by atoms with E-state index < -0.39 is 11.8 Å². The summed E-state index contributed by atoms with van der Waals surface area (Å²) in [6.07, 6.45) is 2.96. The second-order valence-electron chi connectivity index (χ2n) is 5.58. The quantitative estimate of drug-likeness (QED) is 0.300. The molecule has 6 heteroatoms. The van der Waals surface area contributed by atoms with Crippen LogP contribution in [0.25, 0.3) is 6.08 Å². The zero-order valence-electron chi connectivity index (χ0n) is 14.2. The Balaban J connectivity index is 1.92. The van der Waals surface area contributed by atoms with Crippen LogP contribution in [0.5, 0.6) is 0 Å². The fourth-order valence-corrected chi connectivity index (χ4v) is 2.51. The van der Waals surface area contributed by atoms with E-state index in [9.17, 15) is 9.59 Å². The van der Waals surface area contributed by atoms with Gasteiger partial charge in [0, 0.05) is 23.1 Å². The molecule has 5 nitrogen and oxygen atoms in total. The van der Waals surface area contributed by atoms with E-state index >= 15 is 0 Å². The van der Waals surface area contributed by atoms with Crippen molar-refractivity contribution in [3.8, 4) is 0 Å². The van der Waals surface area contributed by atoms with Crippen LogP contribution in [-0.4, -0.2) is 16.8 Å². The largest absolute Gasteiger partial charge is 0.322 e. The number of anilines is 2. The highest BCUT2D eigenvalue weighted by atomic mass is 35.5. The van der Waals surface area contributed by atoms with E-state index in [1.54, 1.807) is 60.7 Å². The number of amides is 2. The second kappa shape index (κ2) is 8.78. The second-order valence-corrected chi connectivity index (χ2v) is 5.94. The van der Waals surface area contributed by atoms with E-state index in [-0.39, 0.29) is 10.7 Å². The average Bonchev–Trinajstić information content (AvgIpc) is 2.68. The molecule has 1 aromatic heterocycles. The predicted molar refractivity (Wildman–Crippen MR) is 107 cm³/mol. The summed E-state index contributed by atoms with van der Waals surface area (Å²) in [7, 11) is 0. The molecule has 0 fully saturated rings. The molecule has 134 valence electrons. The number of halogens is 1. The van der Waals surface area contributed by atoms with E-state index in [1.807, 2.05) is 12.1 Å². The Morgan fingerprint density at radius 3 is 1.78 bits per heavy atom. The van der Waals surface area contributed by atoms with Gasteiger partial charge in [0.1, 0.15) is 10.7 Å². The summed E-state index contributed by atoms with van der Waals surface area (Å²) in [5.41, 5.74) is 1.55. The number of hydrogen-bond donors (Lipinski definition) is 2. The van der Waals surface area contributed by atoms with Crippen molar-refractivity contribution < 1.29 is 9.59 Å². The van der Waals surface area contributed by atoms with Crippen molar-refractivity contribution in [3.63, 3.8) is 0 Å². The highest BCUT2D eigenvalue weighted by molar-refractivity contribution is 6.32. The van der Waals surface area contributed by atoms with E-state index in [4.69, 9.17) is 11.6 Å². The zero-order valence-corrected chi connectivity index (χ0v) is 15.0. The molecule has 2 aromatic carbocycles. The third kappa shape index (κ3) is 5.03. The van der Waals surface area contributed by atoms with Gasteiger partial charge < -0.3 is 10.6 Å². The number of aromatic nitrogens is 1. The molecule has 0 saturated carbocycles. The predicted octanol–water partition coefficient (Wildman–Crippen LogP) is 4.40. The summed E-state index contributed by atoms with van der Waals surface area (Å²) in [4.78, 5) is 29.5. The normalized spacial score (nSPS) is 9.96. The first-order valence-corrected chi connectivity index (χ1v) is 8.56. The van der Waals surface area contributed by atoms with Crippen LogP contribution in [0.2, 0.25) is 5.15 Å². The van der Waals surface area contributed by atoms with Gasteiger partial charge in [-0.2, -0.15) is 0 Å². The Bertz CT molecular complexity index is 917. The van der Waals surface area contributed by atoms with Gasteiger partial charge in [-0.3, -0.25) is 9.59 Å². The van der Waals surface area contributed by atoms with Crippen LogP contribution in [0.15, 0.2) is 84.6 Å². The van der Waals surface area contributed by atoms with Crippen LogP contribution in [0.1, 0.15) is 5.56 Å². The van der Waals surface area contributed by atoms with Crippen LogP contribution in [-0.2, 0) is 9.59 Å². The first-order chi connectivity index (χ1) is 13.1. The molecule has 0 unspecified atom stereocenters. The van der Waals surface area contributed by atoms with Crippen molar-refractivity contribution in [2.24, 2.45) is 0 Å². The van der Waals surface area contributed by atoms with Crippen molar-refractivity contribution in [1.29, 1.82) is 0 Å². The number of hydrogen-bond acceptors (Lipinski definition) is 3. The molecule has 0 bridgehead atoms. The first kappa shape index (κ1) is 18.4. The van der Waals surface area contributed by atoms with Gasteiger partial charge in [-0.05, 0) is 36.4 Å². The van der Waals surface area contributed by atoms with Gasteiger partial charge >= 0.3 is 0 Å². The molecule has 0 aliphatic heterocycles. The highest BCUT2D eigenvalue weighted by Gasteiger charge is 2.19. The lowest BCUT2D eigenvalue weighted by molar-refractivity contribution is -0.118. The zero-order chi connectivity index (χ0) is 19.1. The fourth-order valence-electron chi connectivity index (χ4n) is 2.34. The van der Waals surface area contributed by atoms with Gasteiger partial charge in [-0.1, -0.05) is 54.1 Å². The standard InChI is InChI=1S/C21H16ClN3O2/c22-19-15(8-7-13-23-19)14-18(20(26)24-16-9-3-1-4-10-16)21(27)25-17-11-5-2-6-12-17/h1-14H,(H,24,26)(H,25,27). The summed E-state index contributed by atoms with van der Waals surface area (Å²) in [6.45, 7) is 0. The van der Waals surface area contributed by atoms with Crippen LogP contribution in [0.3, 0.4) is 0 Å². The van der Waals surface area contributed by atoms with Crippen molar-refractivity contribution in [2.75, 3.05) is 10.6 Å². The molecule has 27 heavy (non-hydrogen) atoms. The molecule has 0 radical (unpaired) electrons. The summed E-state index contributed by atoms with van der Waals surface area (Å²) < 4.78 is 0. The summed E-state index contributed by atoms with van der Waals surface area (Å²) in [6, 6.07) is 21.2. The highest BCUT2D eigenvalue weighted by Crippen LogP contribution is 2.18. The van der Waals surface area contributed by atoms with Crippen LogP contribution >= 0.6 is 11.6 Å². The lowest BCUT2D eigenvalue weighted by Gasteiger charge is -2.10. The van der Waals surface area contributed by atoms with E-state index in [1.165, 1.54) is 12.3 Å². The molecule has 1 heterocycles. The number of benzene rings is 2. The molecule has 0 saturated heterocycles. The summed E-state index contributed by atoms with van der Waals surface area (Å²) in [5, 5.41) is 5.64. The lowest BCUT2D eigenvalue weighted by atomic mass is 10.1. The molecule has 3 rings (SSSR count). The third-order valence-electron chi connectivity index (χ3n) is 3.64. The Morgan fingerprint density at radius 2 is 1.30 bits per heavy atom. The van der Waals surface area contributed by atoms with E-state index in [2.05, 4.69) is 15.6 Å². The number of rotatable bonds is 5. The molecule has 0 spiro atoms. The Kier molecular flexibility index (Phi) is 5.97. The monoisotopic (exact) mass is 377 g/mol. The SMILES string of the molecule is O=C(Nc1ccccc1)C(=Cc1cccnc1Cl)C(=O)Nc1ccccc1.